The average molecular weight is 350 g/mol. The molecule has 2 heterocycles. The van der Waals surface area contributed by atoms with E-state index in [-0.39, 0.29) is 6.26 Å². The summed E-state index contributed by atoms with van der Waals surface area (Å²) in [4.78, 5) is 21.0. The van der Waals surface area contributed by atoms with Crippen molar-refractivity contribution in [2.24, 2.45) is 0 Å². The van der Waals surface area contributed by atoms with Crippen molar-refractivity contribution < 1.29 is 59.9 Å². The Balaban J connectivity index is 0.000000240. The van der Waals surface area contributed by atoms with Gasteiger partial charge in [0.25, 0.3) is 0 Å². The Morgan fingerprint density at radius 1 is 1.04 bits per heavy atom. The molecule has 0 fully saturated rings. The number of rotatable bonds is 3. The maximum atomic E-state index is 10.5. The van der Waals surface area contributed by atoms with E-state index < -0.39 is 65.7 Å². The Morgan fingerprint density at radius 3 is 1.88 bits per heavy atom. The minimum atomic E-state index is -1.50. The van der Waals surface area contributed by atoms with Crippen molar-refractivity contribution in [3.05, 3.63) is 35.1 Å². The van der Waals surface area contributed by atoms with Gasteiger partial charge in [-0.2, -0.15) is 0 Å². The number of hydrogen-bond donors (Lipinski definition) is 8. The molecule has 2 aliphatic rings. The maximum Gasteiger partial charge on any atom is 0.378 e. The fraction of sp³-hybridized carbons (Fsp3) is 0.333. The molecule has 134 valence electrons. The molecular weight excluding hydrogens is 336 g/mol. The zero-order chi connectivity index (χ0) is 18.6. The van der Waals surface area contributed by atoms with Crippen LogP contribution in [0.3, 0.4) is 0 Å². The summed E-state index contributed by atoms with van der Waals surface area (Å²) in [6, 6.07) is 0. The van der Waals surface area contributed by atoms with Gasteiger partial charge in [0.05, 0.1) is 6.61 Å². The van der Waals surface area contributed by atoms with Gasteiger partial charge in [0, 0.05) is 0 Å². The summed E-state index contributed by atoms with van der Waals surface area (Å²) >= 11 is 0. The molecule has 12 nitrogen and oxygen atoms in total. The number of aliphatic hydroxyl groups is 8. The van der Waals surface area contributed by atoms with E-state index in [2.05, 4.69) is 9.47 Å². The minimum Gasteiger partial charge on any atom is -0.512 e. The van der Waals surface area contributed by atoms with Gasteiger partial charge in [-0.1, -0.05) is 0 Å². The molecule has 0 amide bonds. The van der Waals surface area contributed by atoms with E-state index in [0.717, 1.165) is 0 Å². The van der Waals surface area contributed by atoms with Gasteiger partial charge in [0.1, 0.15) is 12.4 Å². The van der Waals surface area contributed by atoms with Gasteiger partial charge in [-0.15, -0.1) is 0 Å². The highest BCUT2D eigenvalue weighted by atomic mass is 16.6. The van der Waals surface area contributed by atoms with Crippen molar-refractivity contribution >= 4 is 11.9 Å². The van der Waals surface area contributed by atoms with Crippen molar-refractivity contribution in [1.82, 2.24) is 0 Å². The molecule has 0 saturated heterocycles. The van der Waals surface area contributed by atoms with Crippen LogP contribution in [-0.2, 0) is 19.1 Å². The molecule has 0 radical (unpaired) electrons. The fourth-order valence-corrected chi connectivity index (χ4v) is 1.54. The number of esters is 2. The molecule has 2 rings (SSSR count). The molecule has 24 heavy (non-hydrogen) atoms. The summed E-state index contributed by atoms with van der Waals surface area (Å²) in [5.74, 6) is -6.47. The Morgan fingerprint density at radius 2 is 1.54 bits per heavy atom. The lowest BCUT2D eigenvalue weighted by Crippen LogP contribution is -2.31. The summed E-state index contributed by atoms with van der Waals surface area (Å²) in [7, 11) is 0. The number of carbonyl (C=O) groups excluding carboxylic acids is 2. The second-order valence-electron chi connectivity index (χ2n) is 4.38. The normalized spacial score (nSPS) is 25.2. The second kappa shape index (κ2) is 7.43. The van der Waals surface area contributed by atoms with Crippen LogP contribution in [0.2, 0.25) is 0 Å². The van der Waals surface area contributed by atoms with E-state index in [1.165, 1.54) is 0 Å². The van der Waals surface area contributed by atoms with E-state index in [9.17, 15) is 9.59 Å². The first-order chi connectivity index (χ1) is 11.1. The molecule has 0 saturated carbocycles. The smallest absolute Gasteiger partial charge is 0.378 e. The SMILES string of the molecule is O=C1O[C@H](/C(O)=C/O)C(O)=C1O.O=C1O[C@H]([C@@H](O)CO)C(O)=C1O. The lowest BCUT2D eigenvalue weighted by Gasteiger charge is -2.13. The van der Waals surface area contributed by atoms with Gasteiger partial charge in [0.2, 0.25) is 17.6 Å². The van der Waals surface area contributed by atoms with Crippen LogP contribution < -0.4 is 0 Å². The molecule has 0 unspecified atom stereocenters. The zero-order valence-corrected chi connectivity index (χ0v) is 11.7. The lowest BCUT2D eigenvalue weighted by molar-refractivity contribution is -0.147. The fourth-order valence-electron chi connectivity index (χ4n) is 1.54. The molecule has 0 aromatic carbocycles. The van der Waals surface area contributed by atoms with E-state index in [0.29, 0.717) is 0 Å². The van der Waals surface area contributed by atoms with Crippen molar-refractivity contribution in [2.45, 2.75) is 18.3 Å². The van der Waals surface area contributed by atoms with Crippen LogP contribution >= 0.6 is 0 Å². The van der Waals surface area contributed by atoms with Crippen molar-refractivity contribution in [3.63, 3.8) is 0 Å². The van der Waals surface area contributed by atoms with Crippen LogP contribution in [0.1, 0.15) is 0 Å². The van der Waals surface area contributed by atoms with Crippen molar-refractivity contribution in [3.8, 4) is 0 Å². The third-order valence-electron chi connectivity index (χ3n) is 2.79. The predicted octanol–water partition coefficient (Wildman–Crippen LogP) is -1.21. The van der Waals surface area contributed by atoms with Crippen LogP contribution in [0.15, 0.2) is 35.1 Å². The summed E-state index contributed by atoms with van der Waals surface area (Å²) < 4.78 is 8.56. The summed E-state index contributed by atoms with van der Waals surface area (Å²) in [5.41, 5.74) is 0. The first-order valence-corrected chi connectivity index (χ1v) is 6.13. The maximum absolute atomic E-state index is 10.5. The van der Waals surface area contributed by atoms with Gasteiger partial charge in [-0.25, -0.2) is 9.59 Å². The molecule has 8 N–H and O–H groups in total. The number of aliphatic hydroxyl groups excluding tert-OH is 8. The number of cyclic esters (lactones) is 2. The first-order valence-electron chi connectivity index (χ1n) is 6.13. The van der Waals surface area contributed by atoms with Gasteiger partial charge in [-0.3, -0.25) is 0 Å². The van der Waals surface area contributed by atoms with Crippen LogP contribution in [0.25, 0.3) is 0 Å². The molecule has 2 aliphatic heterocycles. The van der Waals surface area contributed by atoms with E-state index in [1.54, 1.807) is 0 Å². The number of carbonyl (C=O) groups is 2. The monoisotopic (exact) mass is 350 g/mol. The van der Waals surface area contributed by atoms with E-state index >= 15 is 0 Å². The topological polar surface area (TPSA) is 214 Å². The van der Waals surface area contributed by atoms with Crippen molar-refractivity contribution in [2.75, 3.05) is 6.61 Å². The van der Waals surface area contributed by atoms with Crippen LogP contribution in [0, 0.1) is 0 Å². The Hall–Kier alpha value is -3.12. The standard InChI is InChI=1S/C6H8O6.C6H6O6/c2*7-1-2(8)5-3(9)4(10)6(11)12-5/h2,5,7-10H,1H2;1,5,7-10H/b;2-1-/t2-,5+;5-/m01/s1. The zero-order valence-electron chi connectivity index (χ0n) is 11.7. The predicted molar refractivity (Wildman–Crippen MR) is 70.8 cm³/mol. The molecule has 0 aromatic heterocycles. The van der Waals surface area contributed by atoms with Gasteiger partial charge < -0.3 is 50.3 Å². The van der Waals surface area contributed by atoms with Gasteiger partial charge in [0.15, 0.2) is 23.4 Å². The third kappa shape index (κ3) is 3.61. The van der Waals surface area contributed by atoms with Crippen molar-refractivity contribution in [1.29, 1.82) is 0 Å². The Labute approximate surface area is 133 Å². The largest absolute Gasteiger partial charge is 0.512 e. The highest BCUT2D eigenvalue weighted by Gasteiger charge is 2.39. The second-order valence-corrected chi connectivity index (χ2v) is 4.38. The van der Waals surface area contributed by atoms with Crippen LogP contribution in [0.4, 0.5) is 0 Å². The number of ether oxygens (including phenoxy) is 2. The molecule has 0 spiro atoms. The quantitative estimate of drug-likeness (QED) is 0.222. The van der Waals surface area contributed by atoms with Crippen LogP contribution in [0.5, 0.6) is 0 Å². The molecular formula is C12H14O12. The Kier molecular flexibility index (Phi) is 5.86. The Bertz CT molecular complexity index is 616. The minimum absolute atomic E-state index is 0.257. The third-order valence-corrected chi connectivity index (χ3v) is 2.79. The van der Waals surface area contributed by atoms with E-state index in [1.807, 2.05) is 0 Å². The highest BCUT2D eigenvalue weighted by molar-refractivity contribution is 5.89. The molecule has 12 heteroatoms. The summed E-state index contributed by atoms with van der Waals surface area (Å²) in [6.07, 6.45) is -4.02. The lowest BCUT2D eigenvalue weighted by atomic mass is 10.2. The molecule has 3 atom stereocenters. The molecule has 0 aliphatic carbocycles. The molecule has 0 bridgehead atoms. The highest BCUT2D eigenvalue weighted by Crippen LogP contribution is 2.22. The number of hydrogen-bond acceptors (Lipinski definition) is 12. The van der Waals surface area contributed by atoms with Gasteiger partial charge in [-0.05, 0) is 0 Å². The van der Waals surface area contributed by atoms with E-state index in [4.69, 9.17) is 40.9 Å². The van der Waals surface area contributed by atoms with Gasteiger partial charge >= 0.3 is 11.9 Å². The van der Waals surface area contributed by atoms with Crippen LogP contribution in [-0.4, -0.2) is 77.7 Å². The first kappa shape index (κ1) is 18.9. The summed E-state index contributed by atoms with van der Waals surface area (Å²) in [6.45, 7) is -0.671. The summed E-state index contributed by atoms with van der Waals surface area (Å²) in [5, 5.41) is 69.7. The molecule has 0 aromatic rings. The average Bonchev–Trinajstić information content (AvgIpc) is 2.98.